The predicted molar refractivity (Wildman–Crippen MR) is 73.7 cm³/mol. The van der Waals surface area contributed by atoms with Crippen LogP contribution in [0.1, 0.15) is 0 Å². The second-order valence-electron chi connectivity index (χ2n) is 4.92. The Hall–Kier alpha value is -2.21. The van der Waals surface area contributed by atoms with Crippen LogP contribution in [-0.2, 0) is 9.53 Å². The number of hydrogen-bond acceptors (Lipinski definition) is 5. The van der Waals surface area contributed by atoms with E-state index in [1.807, 2.05) is 36.2 Å². The number of benzene rings is 1. The van der Waals surface area contributed by atoms with Crippen molar-refractivity contribution in [3.8, 4) is 0 Å². The highest BCUT2D eigenvalue weighted by Crippen LogP contribution is 2.28. The molecule has 1 N–H and O–H groups in total. The molecule has 1 aromatic heterocycles. The van der Waals surface area contributed by atoms with Gasteiger partial charge >= 0.3 is 5.97 Å². The fourth-order valence-corrected chi connectivity index (χ4v) is 2.59. The van der Waals surface area contributed by atoms with Gasteiger partial charge in [0.25, 0.3) is 0 Å². The summed E-state index contributed by atoms with van der Waals surface area (Å²) in [5, 5.41) is 19.4. The Labute approximate surface area is 116 Å². The van der Waals surface area contributed by atoms with Crippen LogP contribution in [0.3, 0.4) is 0 Å². The van der Waals surface area contributed by atoms with Crippen molar-refractivity contribution < 1.29 is 14.6 Å². The molecule has 104 valence electrons. The quantitative estimate of drug-likeness (QED) is 0.904. The molecule has 1 aromatic carbocycles. The molecule has 0 aliphatic carbocycles. The summed E-state index contributed by atoms with van der Waals surface area (Å²) < 4.78 is 5.32. The average Bonchev–Trinajstić information content (AvgIpc) is 2.95. The minimum Gasteiger partial charge on any atom is -0.481 e. The summed E-state index contributed by atoms with van der Waals surface area (Å²) in [7, 11) is 1.84. The van der Waals surface area contributed by atoms with E-state index in [1.165, 1.54) is 0 Å². The van der Waals surface area contributed by atoms with Crippen LogP contribution >= 0.6 is 0 Å². The van der Waals surface area contributed by atoms with E-state index in [2.05, 4.69) is 10.2 Å². The Morgan fingerprint density at radius 1 is 1.40 bits per heavy atom. The van der Waals surface area contributed by atoms with Gasteiger partial charge in [-0.1, -0.05) is 24.3 Å². The van der Waals surface area contributed by atoms with Gasteiger partial charge in [-0.2, -0.15) is 5.10 Å². The molecule has 2 unspecified atom stereocenters. The van der Waals surface area contributed by atoms with E-state index in [0.717, 1.165) is 10.8 Å². The van der Waals surface area contributed by atoms with Gasteiger partial charge in [-0.3, -0.25) is 4.79 Å². The van der Waals surface area contributed by atoms with E-state index in [-0.39, 0.29) is 12.6 Å². The van der Waals surface area contributed by atoms with Gasteiger partial charge in [0.05, 0.1) is 25.5 Å². The summed E-state index contributed by atoms with van der Waals surface area (Å²) in [6, 6.07) is 7.56. The van der Waals surface area contributed by atoms with Gasteiger partial charge in [0.15, 0.2) is 5.82 Å². The van der Waals surface area contributed by atoms with Crippen molar-refractivity contribution in [1.82, 2.24) is 10.2 Å². The molecule has 2 heterocycles. The fourth-order valence-electron chi connectivity index (χ4n) is 2.59. The standard InChI is InChI=1S/C14H15N3O3/c1-17(12-8-20-7-11(12)14(18)19)13-10-5-3-2-4-9(10)6-15-16-13/h2-6,11-12H,7-8H2,1H3,(H,18,19). The molecule has 1 saturated heterocycles. The SMILES string of the molecule is CN(c1nncc2ccccc12)C1COCC1C(=O)O. The number of fused-ring (bicyclic) bond motifs is 1. The zero-order chi connectivity index (χ0) is 14.1. The number of likely N-dealkylation sites (N-methyl/N-ethyl adjacent to an activating group) is 1. The van der Waals surface area contributed by atoms with E-state index in [4.69, 9.17) is 4.74 Å². The van der Waals surface area contributed by atoms with E-state index in [1.54, 1.807) is 6.20 Å². The molecular formula is C14H15N3O3. The summed E-state index contributed by atoms with van der Waals surface area (Å²) in [6.07, 6.45) is 1.70. The Bertz CT molecular complexity index is 641. The molecule has 6 heteroatoms. The Morgan fingerprint density at radius 3 is 3.00 bits per heavy atom. The lowest BCUT2D eigenvalue weighted by molar-refractivity contribution is -0.141. The fraction of sp³-hybridized carbons (Fsp3) is 0.357. The highest BCUT2D eigenvalue weighted by atomic mass is 16.5. The normalized spacial score (nSPS) is 22.1. The first-order valence-electron chi connectivity index (χ1n) is 6.42. The molecule has 1 aliphatic rings. The van der Waals surface area contributed by atoms with Crippen LogP contribution in [0.4, 0.5) is 5.82 Å². The largest absolute Gasteiger partial charge is 0.481 e. The zero-order valence-corrected chi connectivity index (χ0v) is 11.1. The summed E-state index contributed by atoms with van der Waals surface area (Å²) in [4.78, 5) is 13.1. The first kappa shape index (κ1) is 12.8. The van der Waals surface area contributed by atoms with Crippen LogP contribution in [0.15, 0.2) is 30.5 Å². The molecule has 6 nitrogen and oxygen atoms in total. The molecule has 20 heavy (non-hydrogen) atoms. The van der Waals surface area contributed by atoms with Gasteiger partial charge in [-0.15, -0.1) is 5.10 Å². The van der Waals surface area contributed by atoms with Gasteiger partial charge in [0.2, 0.25) is 0 Å². The first-order chi connectivity index (χ1) is 9.68. The summed E-state index contributed by atoms with van der Waals surface area (Å²) in [6.45, 7) is 0.626. The topological polar surface area (TPSA) is 75.5 Å². The summed E-state index contributed by atoms with van der Waals surface area (Å²) in [5.74, 6) is -0.696. The summed E-state index contributed by atoms with van der Waals surface area (Å²) >= 11 is 0. The monoisotopic (exact) mass is 273 g/mol. The zero-order valence-electron chi connectivity index (χ0n) is 11.1. The van der Waals surface area contributed by atoms with Crippen LogP contribution in [0, 0.1) is 5.92 Å². The minimum atomic E-state index is -0.840. The van der Waals surface area contributed by atoms with Gasteiger partial charge < -0.3 is 14.7 Å². The van der Waals surface area contributed by atoms with Gasteiger partial charge in [0.1, 0.15) is 5.92 Å². The molecule has 0 amide bonds. The van der Waals surface area contributed by atoms with Gasteiger partial charge in [-0.05, 0) is 0 Å². The van der Waals surface area contributed by atoms with Gasteiger partial charge in [-0.25, -0.2) is 0 Å². The number of rotatable bonds is 3. The molecule has 2 atom stereocenters. The van der Waals surface area contributed by atoms with Crippen LogP contribution in [0.5, 0.6) is 0 Å². The third kappa shape index (κ3) is 2.08. The smallest absolute Gasteiger partial charge is 0.311 e. The Balaban J connectivity index is 2.00. The van der Waals surface area contributed by atoms with Crippen molar-refractivity contribution in [2.45, 2.75) is 6.04 Å². The Kier molecular flexibility index (Phi) is 3.23. The highest BCUT2D eigenvalue weighted by Gasteiger charge is 2.37. The lowest BCUT2D eigenvalue weighted by atomic mass is 10.0. The number of carboxylic acid groups (broad SMARTS) is 1. The summed E-state index contributed by atoms with van der Waals surface area (Å²) in [5.41, 5.74) is 0. The molecule has 0 saturated carbocycles. The van der Waals surface area contributed by atoms with E-state index in [0.29, 0.717) is 12.4 Å². The number of ether oxygens (including phenoxy) is 1. The molecule has 0 bridgehead atoms. The average molecular weight is 273 g/mol. The Morgan fingerprint density at radius 2 is 2.20 bits per heavy atom. The van der Waals surface area contributed by atoms with E-state index < -0.39 is 11.9 Å². The maximum absolute atomic E-state index is 11.3. The van der Waals surface area contributed by atoms with Crippen molar-refractivity contribution >= 4 is 22.6 Å². The van der Waals surface area contributed by atoms with Crippen molar-refractivity contribution in [2.24, 2.45) is 5.92 Å². The predicted octanol–water partition coefficient (Wildman–Crippen LogP) is 1.17. The third-order valence-corrected chi connectivity index (χ3v) is 3.75. The number of carboxylic acids is 1. The first-order valence-corrected chi connectivity index (χ1v) is 6.42. The number of carbonyl (C=O) groups is 1. The van der Waals surface area contributed by atoms with Crippen molar-refractivity contribution in [1.29, 1.82) is 0 Å². The van der Waals surface area contributed by atoms with Crippen molar-refractivity contribution in [3.63, 3.8) is 0 Å². The maximum atomic E-state index is 11.3. The highest BCUT2D eigenvalue weighted by molar-refractivity contribution is 5.91. The maximum Gasteiger partial charge on any atom is 0.311 e. The molecule has 0 spiro atoms. The van der Waals surface area contributed by atoms with Gasteiger partial charge in [0, 0.05) is 17.8 Å². The lowest BCUT2D eigenvalue weighted by Crippen LogP contribution is -2.41. The van der Waals surface area contributed by atoms with E-state index in [9.17, 15) is 9.90 Å². The molecule has 1 aliphatic heterocycles. The van der Waals surface area contributed by atoms with Crippen molar-refractivity contribution in [3.05, 3.63) is 30.5 Å². The van der Waals surface area contributed by atoms with E-state index >= 15 is 0 Å². The molecule has 0 radical (unpaired) electrons. The van der Waals surface area contributed by atoms with Crippen LogP contribution in [-0.4, -0.2) is 47.6 Å². The minimum absolute atomic E-state index is 0.229. The molecule has 3 rings (SSSR count). The van der Waals surface area contributed by atoms with Crippen LogP contribution in [0.2, 0.25) is 0 Å². The van der Waals surface area contributed by atoms with Crippen LogP contribution < -0.4 is 4.90 Å². The molecule has 2 aromatic rings. The lowest BCUT2D eigenvalue weighted by Gasteiger charge is -2.27. The third-order valence-electron chi connectivity index (χ3n) is 3.75. The van der Waals surface area contributed by atoms with Crippen LogP contribution in [0.25, 0.3) is 10.8 Å². The number of anilines is 1. The second-order valence-corrected chi connectivity index (χ2v) is 4.92. The number of aromatic nitrogens is 2. The number of hydrogen-bond donors (Lipinski definition) is 1. The number of nitrogens with zero attached hydrogens (tertiary/aromatic N) is 3. The molecular weight excluding hydrogens is 258 g/mol. The number of aliphatic carboxylic acids is 1. The second kappa shape index (κ2) is 5.05. The molecule has 1 fully saturated rings. The van der Waals surface area contributed by atoms with Crippen molar-refractivity contribution in [2.75, 3.05) is 25.2 Å².